The number of rotatable bonds is 4. The molecule has 118 valence electrons. The van der Waals surface area contributed by atoms with Gasteiger partial charge in [0.05, 0.1) is 0 Å². The highest BCUT2D eigenvalue weighted by Gasteiger charge is 2.23. The third-order valence-corrected chi connectivity index (χ3v) is 4.48. The molecule has 0 aromatic heterocycles. The van der Waals surface area contributed by atoms with E-state index in [0.717, 1.165) is 18.8 Å². The Kier molecular flexibility index (Phi) is 7.20. The van der Waals surface area contributed by atoms with Crippen LogP contribution in [0.4, 0.5) is 5.69 Å². The number of halogens is 1. The quantitative estimate of drug-likeness (QED) is 0.924. The number of benzene rings is 1. The first-order valence-corrected chi connectivity index (χ1v) is 7.62. The lowest BCUT2D eigenvalue weighted by Gasteiger charge is -2.29. The summed E-state index contributed by atoms with van der Waals surface area (Å²) in [6.45, 7) is 6.47. The normalized spacial score (nSPS) is 16.9. The lowest BCUT2D eigenvalue weighted by Crippen LogP contribution is -2.34. The number of nitrogens with zero attached hydrogens (tertiary/aromatic N) is 1. The van der Waals surface area contributed by atoms with Gasteiger partial charge in [0.1, 0.15) is 0 Å². The summed E-state index contributed by atoms with van der Waals surface area (Å²) in [6.07, 6.45) is 3.04. The van der Waals surface area contributed by atoms with Crippen LogP contribution in [0.3, 0.4) is 0 Å². The molecular weight excluding hydrogens is 284 g/mol. The SMILES string of the molecule is Cc1ccc(N(C)C(=O)CC(C)C2CCNCC2)cc1.Cl. The van der Waals surface area contributed by atoms with Crippen LogP contribution >= 0.6 is 12.4 Å². The third-order valence-electron chi connectivity index (χ3n) is 4.48. The zero-order valence-electron chi connectivity index (χ0n) is 13.3. The molecule has 1 saturated heterocycles. The van der Waals surface area contributed by atoms with Crippen molar-refractivity contribution in [2.24, 2.45) is 11.8 Å². The molecule has 3 nitrogen and oxygen atoms in total. The molecule has 2 rings (SSSR count). The van der Waals surface area contributed by atoms with Crippen LogP contribution in [0, 0.1) is 18.8 Å². The number of aryl methyl sites for hydroxylation is 1. The predicted octanol–water partition coefficient (Wildman–Crippen LogP) is 3.41. The van der Waals surface area contributed by atoms with E-state index in [2.05, 4.69) is 31.3 Å². The van der Waals surface area contributed by atoms with Gasteiger partial charge in [-0.3, -0.25) is 4.79 Å². The van der Waals surface area contributed by atoms with Gasteiger partial charge in [-0.2, -0.15) is 0 Å². The molecule has 1 aromatic rings. The number of hydrogen-bond acceptors (Lipinski definition) is 2. The van der Waals surface area contributed by atoms with Gasteiger partial charge in [-0.25, -0.2) is 0 Å². The van der Waals surface area contributed by atoms with Gasteiger partial charge in [-0.1, -0.05) is 24.6 Å². The Morgan fingerprint density at radius 3 is 2.43 bits per heavy atom. The smallest absolute Gasteiger partial charge is 0.226 e. The summed E-state index contributed by atoms with van der Waals surface area (Å²) in [5.74, 6) is 1.38. The van der Waals surface area contributed by atoms with Crippen molar-refractivity contribution >= 4 is 24.0 Å². The molecule has 1 N–H and O–H groups in total. The number of carbonyl (C=O) groups is 1. The summed E-state index contributed by atoms with van der Waals surface area (Å²) in [4.78, 5) is 14.2. The van der Waals surface area contributed by atoms with Crippen LogP contribution in [-0.2, 0) is 4.79 Å². The number of carbonyl (C=O) groups excluding carboxylic acids is 1. The lowest BCUT2D eigenvalue weighted by atomic mass is 9.84. The van der Waals surface area contributed by atoms with Crippen molar-refractivity contribution < 1.29 is 4.79 Å². The van der Waals surface area contributed by atoms with Crippen LogP contribution in [0.1, 0.15) is 31.7 Å². The summed E-state index contributed by atoms with van der Waals surface area (Å²) in [5, 5.41) is 3.38. The van der Waals surface area contributed by atoms with Crippen molar-refractivity contribution in [2.45, 2.75) is 33.1 Å². The average molecular weight is 311 g/mol. The van der Waals surface area contributed by atoms with Crippen LogP contribution in [0.15, 0.2) is 24.3 Å². The van der Waals surface area contributed by atoms with E-state index < -0.39 is 0 Å². The number of nitrogens with one attached hydrogen (secondary N) is 1. The minimum absolute atomic E-state index is 0. The van der Waals surface area contributed by atoms with E-state index in [9.17, 15) is 4.79 Å². The second kappa shape index (κ2) is 8.40. The maximum absolute atomic E-state index is 12.4. The minimum Gasteiger partial charge on any atom is -0.317 e. The number of hydrogen-bond donors (Lipinski definition) is 1. The first kappa shape index (κ1) is 18.0. The molecule has 1 heterocycles. The highest BCUT2D eigenvalue weighted by Crippen LogP contribution is 2.25. The Hall–Kier alpha value is -1.06. The van der Waals surface area contributed by atoms with Crippen molar-refractivity contribution in [3.63, 3.8) is 0 Å². The Morgan fingerprint density at radius 1 is 1.29 bits per heavy atom. The van der Waals surface area contributed by atoms with E-state index in [0.29, 0.717) is 18.3 Å². The van der Waals surface area contributed by atoms with Gasteiger partial charge >= 0.3 is 0 Å². The first-order chi connectivity index (χ1) is 9.58. The van der Waals surface area contributed by atoms with Gasteiger partial charge in [-0.05, 0) is 56.8 Å². The highest BCUT2D eigenvalue weighted by molar-refractivity contribution is 5.92. The first-order valence-electron chi connectivity index (χ1n) is 7.62. The molecular formula is C17H27ClN2O. The van der Waals surface area contributed by atoms with Gasteiger partial charge in [0.25, 0.3) is 0 Å². The second-order valence-corrected chi connectivity index (χ2v) is 6.06. The largest absolute Gasteiger partial charge is 0.317 e. The number of piperidine rings is 1. The monoisotopic (exact) mass is 310 g/mol. The summed E-state index contributed by atoms with van der Waals surface area (Å²) >= 11 is 0. The summed E-state index contributed by atoms with van der Waals surface area (Å²) < 4.78 is 0. The third kappa shape index (κ3) is 5.01. The molecule has 1 aliphatic rings. The Morgan fingerprint density at radius 2 is 1.86 bits per heavy atom. The molecule has 0 radical (unpaired) electrons. The van der Waals surface area contributed by atoms with Gasteiger partial charge in [0, 0.05) is 19.2 Å². The fraction of sp³-hybridized carbons (Fsp3) is 0.588. The van der Waals surface area contributed by atoms with E-state index in [1.807, 2.05) is 19.2 Å². The topological polar surface area (TPSA) is 32.3 Å². The van der Waals surface area contributed by atoms with Gasteiger partial charge < -0.3 is 10.2 Å². The zero-order valence-corrected chi connectivity index (χ0v) is 14.1. The fourth-order valence-electron chi connectivity index (χ4n) is 2.90. The molecule has 1 amide bonds. The highest BCUT2D eigenvalue weighted by atomic mass is 35.5. The Bertz CT molecular complexity index is 441. The summed E-state index contributed by atoms with van der Waals surface area (Å²) in [5.41, 5.74) is 2.20. The predicted molar refractivity (Wildman–Crippen MR) is 91.2 cm³/mol. The van der Waals surface area contributed by atoms with E-state index in [1.165, 1.54) is 18.4 Å². The Balaban J connectivity index is 0.00000220. The van der Waals surface area contributed by atoms with Gasteiger partial charge in [-0.15, -0.1) is 12.4 Å². The van der Waals surface area contributed by atoms with Crippen LogP contribution in [-0.4, -0.2) is 26.0 Å². The second-order valence-electron chi connectivity index (χ2n) is 6.06. The molecule has 1 unspecified atom stereocenters. The molecule has 1 aliphatic heterocycles. The molecule has 1 atom stereocenters. The maximum atomic E-state index is 12.4. The number of amides is 1. The van der Waals surface area contributed by atoms with Crippen LogP contribution in [0.5, 0.6) is 0 Å². The van der Waals surface area contributed by atoms with Crippen LogP contribution in [0.2, 0.25) is 0 Å². The van der Waals surface area contributed by atoms with E-state index in [-0.39, 0.29) is 18.3 Å². The van der Waals surface area contributed by atoms with E-state index >= 15 is 0 Å². The van der Waals surface area contributed by atoms with Crippen molar-refractivity contribution in [1.29, 1.82) is 0 Å². The molecule has 0 aliphatic carbocycles. The van der Waals surface area contributed by atoms with E-state index in [4.69, 9.17) is 0 Å². The van der Waals surface area contributed by atoms with E-state index in [1.54, 1.807) is 4.90 Å². The van der Waals surface area contributed by atoms with Crippen molar-refractivity contribution in [1.82, 2.24) is 5.32 Å². The fourth-order valence-corrected chi connectivity index (χ4v) is 2.90. The van der Waals surface area contributed by atoms with Crippen LogP contribution < -0.4 is 10.2 Å². The molecule has 0 bridgehead atoms. The zero-order chi connectivity index (χ0) is 14.5. The maximum Gasteiger partial charge on any atom is 0.226 e. The van der Waals surface area contributed by atoms with Crippen LogP contribution in [0.25, 0.3) is 0 Å². The molecule has 21 heavy (non-hydrogen) atoms. The lowest BCUT2D eigenvalue weighted by molar-refractivity contribution is -0.119. The Labute approximate surface area is 134 Å². The number of anilines is 1. The van der Waals surface area contributed by atoms with Crippen molar-refractivity contribution in [3.8, 4) is 0 Å². The van der Waals surface area contributed by atoms with Crippen molar-refractivity contribution in [2.75, 3.05) is 25.0 Å². The van der Waals surface area contributed by atoms with Gasteiger partial charge in [0.2, 0.25) is 5.91 Å². The molecule has 0 saturated carbocycles. The minimum atomic E-state index is 0. The standard InChI is InChI=1S/C17H26N2O.ClH/c1-13-4-6-16(7-5-13)19(3)17(20)12-14(2)15-8-10-18-11-9-15;/h4-7,14-15,18H,8-12H2,1-3H3;1H. The summed E-state index contributed by atoms with van der Waals surface area (Å²) in [7, 11) is 1.88. The molecule has 1 aromatic carbocycles. The molecule has 4 heteroatoms. The molecule has 1 fully saturated rings. The van der Waals surface area contributed by atoms with Gasteiger partial charge in [0.15, 0.2) is 0 Å². The average Bonchev–Trinajstić information content (AvgIpc) is 2.48. The molecule has 0 spiro atoms. The summed E-state index contributed by atoms with van der Waals surface area (Å²) in [6, 6.07) is 8.13. The van der Waals surface area contributed by atoms with Crippen molar-refractivity contribution in [3.05, 3.63) is 29.8 Å².